The zero-order chi connectivity index (χ0) is 20.4. The highest BCUT2D eigenvalue weighted by Gasteiger charge is 2.46. The molecule has 0 fully saturated rings. The Morgan fingerprint density at radius 3 is 2.77 bits per heavy atom. The first-order valence-electron chi connectivity index (χ1n) is 9.10. The average molecular weight is 418 g/mol. The minimum atomic E-state index is -0.825. The molecule has 0 saturated carbocycles. The number of amides is 1. The Bertz CT molecular complexity index is 1520. The summed E-state index contributed by atoms with van der Waals surface area (Å²) in [6.07, 6.45) is 1.48. The van der Waals surface area contributed by atoms with E-state index in [1.165, 1.54) is 23.3 Å². The Labute approximate surface area is 171 Å². The number of thiazole rings is 1. The van der Waals surface area contributed by atoms with Gasteiger partial charge in [0.2, 0.25) is 5.76 Å². The molecule has 0 aliphatic carbocycles. The average Bonchev–Trinajstić information content (AvgIpc) is 3.46. The van der Waals surface area contributed by atoms with Crippen molar-refractivity contribution >= 4 is 43.6 Å². The van der Waals surface area contributed by atoms with Gasteiger partial charge in [0.05, 0.1) is 27.4 Å². The summed E-state index contributed by atoms with van der Waals surface area (Å²) in [5.41, 5.74) is 0.805. The predicted octanol–water partition coefficient (Wildman–Crippen LogP) is 4.88. The van der Waals surface area contributed by atoms with Crippen LogP contribution in [0.4, 0.5) is 9.52 Å². The number of rotatable bonds is 2. The minimum absolute atomic E-state index is 0.0365. The molecule has 1 aliphatic rings. The summed E-state index contributed by atoms with van der Waals surface area (Å²) >= 11 is 1.16. The first kappa shape index (κ1) is 17.1. The molecule has 146 valence electrons. The number of nitrogens with zero attached hydrogens (tertiary/aromatic N) is 2. The van der Waals surface area contributed by atoms with Crippen LogP contribution in [0.2, 0.25) is 0 Å². The summed E-state index contributed by atoms with van der Waals surface area (Å²) in [4.78, 5) is 32.6. The van der Waals surface area contributed by atoms with Crippen molar-refractivity contribution in [3.05, 3.63) is 94.0 Å². The molecule has 6 nitrogen and oxygen atoms in total. The molecule has 5 aromatic rings. The van der Waals surface area contributed by atoms with Crippen molar-refractivity contribution in [1.82, 2.24) is 4.98 Å². The third-order valence-electron chi connectivity index (χ3n) is 5.14. The van der Waals surface area contributed by atoms with E-state index < -0.39 is 11.9 Å². The van der Waals surface area contributed by atoms with Crippen LogP contribution >= 0.6 is 11.3 Å². The van der Waals surface area contributed by atoms with Crippen molar-refractivity contribution in [3.8, 4) is 0 Å². The van der Waals surface area contributed by atoms with E-state index in [2.05, 4.69) is 4.98 Å². The molecule has 1 atom stereocenters. The van der Waals surface area contributed by atoms with Crippen LogP contribution in [0.25, 0.3) is 21.2 Å². The first-order chi connectivity index (χ1) is 14.6. The highest BCUT2D eigenvalue weighted by Crippen LogP contribution is 2.43. The minimum Gasteiger partial charge on any atom is -0.467 e. The molecule has 3 aromatic heterocycles. The lowest BCUT2D eigenvalue weighted by molar-refractivity contribution is 0.0969. The molecule has 1 amide bonds. The fourth-order valence-electron chi connectivity index (χ4n) is 3.82. The Morgan fingerprint density at radius 2 is 1.93 bits per heavy atom. The molecule has 2 aromatic carbocycles. The molecule has 1 unspecified atom stereocenters. The van der Waals surface area contributed by atoms with Gasteiger partial charge in [0.15, 0.2) is 10.6 Å². The quantitative estimate of drug-likeness (QED) is 0.408. The third kappa shape index (κ3) is 2.31. The number of para-hydroxylation sites is 1. The van der Waals surface area contributed by atoms with Gasteiger partial charge in [-0.25, -0.2) is 9.37 Å². The Morgan fingerprint density at radius 1 is 1.07 bits per heavy atom. The number of anilines is 1. The number of furan rings is 1. The van der Waals surface area contributed by atoms with Crippen molar-refractivity contribution in [3.63, 3.8) is 0 Å². The van der Waals surface area contributed by atoms with E-state index in [0.717, 1.165) is 11.3 Å². The van der Waals surface area contributed by atoms with Crippen molar-refractivity contribution in [2.75, 3.05) is 4.90 Å². The van der Waals surface area contributed by atoms with Crippen LogP contribution in [0.1, 0.15) is 27.9 Å². The molecule has 30 heavy (non-hydrogen) atoms. The van der Waals surface area contributed by atoms with Crippen molar-refractivity contribution in [2.24, 2.45) is 0 Å². The van der Waals surface area contributed by atoms with Crippen molar-refractivity contribution in [1.29, 1.82) is 0 Å². The summed E-state index contributed by atoms with van der Waals surface area (Å²) in [5, 5.41) is 0.714. The van der Waals surface area contributed by atoms with Gasteiger partial charge >= 0.3 is 0 Å². The van der Waals surface area contributed by atoms with E-state index in [1.54, 1.807) is 42.5 Å². The molecule has 0 N–H and O–H groups in total. The van der Waals surface area contributed by atoms with Gasteiger partial charge in [-0.3, -0.25) is 14.5 Å². The molecule has 0 saturated heterocycles. The molecule has 4 heterocycles. The number of hydrogen-bond donors (Lipinski definition) is 0. The second-order valence-corrected chi connectivity index (χ2v) is 7.88. The van der Waals surface area contributed by atoms with Crippen LogP contribution in [0.3, 0.4) is 0 Å². The van der Waals surface area contributed by atoms with E-state index in [4.69, 9.17) is 8.83 Å². The lowest BCUT2D eigenvalue weighted by Crippen LogP contribution is -2.29. The molecule has 0 bridgehead atoms. The van der Waals surface area contributed by atoms with E-state index >= 15 is 0 Å². The summed E-state index contributed by atoms with van der Waals surface area (Å²) < 4.78 is 25.7. The zero-order valence-corrected chi connectivity index (χ0v) is 16.0. The second-order valence-electron chi connectivity index (χ2n) is 6.87. The van der Waals surface area contributed by atoms with E-state index in [-0.39, 0.29) is 22.6 Å². The van der Waals surface area contributed by atoms with Gasteiger partial charge in [0, 0.05) is 0 Å². The first-order valence-corrected chi connectivity index (χ1v) is 9.92. The number of halogens is 1. The highest BCUT2D eigenvalue weighted by atomic mass is 32.1. The standard InChI is InChI=1S/C22H11FN2O4S/c23-11-7-8-13-16(10-11)30-22(24-13)25-18(15-6-3-9-28-15)17-19(26)12-4-1-2-5-14(12)29-20(17)21(25)27/h1-10,18H. The molecule has 0 radical (unpaired) electrons. The van der Waals surface area contributed by atoms with Crippen LogP contribution in [-0.4, -0.2) is 10.9 Å². The van der Waals surface area contributed by atoms with Crippen LogP contribution < -0.4 is 10.3 Å². The van der Waals surface area contributed by atoms with Crippen LogP contribution in [0.15, 0.2) is 74.5 Å². The van der Waals surface area contributed by atoms with E-state index in [0.29, 0.717) is 32.1 Å². The lowest BCUT2D eigenvalue weighted by atomic mass is 10.0. The third-order valence-corrected chi connectivity index (χ3v) is 6.15. The number of benzene rings is 2. The largest absolute Gasteiger partial charge is 0.467 e. The maximum absolute atomic E-state index is 13.7. The second kappa shape index (κ2) is 6.11. The number of fused-ring (bicyclic) bond motifs is 3. The maximum atomic E-state index is 13.7. The van der Waals surface area contributed by atoms with Crippen molar-refractivity contribution < 1.29 is 18.0 Å². The van der Waals surface area contributed by atoms with Crippen LogP contribution in [-0.2, 0) is 0 Å². The summed E-state index contributed by atoms with van der Waals surface area (Å²) in [6, 6.07) is 13.6. The van der Waals surface area contributed by atoms with E-state index in [9.17, 15) is 14.0 Å². The fourth-order valence-corrected chi connectivity index (χ4v) is 4.84. The monoisotopic (exact) mass is 418 g/mol. The van der Waals surface area contributed by atoms with Crippen LogP contribution in [0, 0.1) is 5.82 Å². The number of carbonyl (C=O) groups excluding carboxylic acids is 1. The molecule has 0 spiro atoms. The Hall–Kier alpha value is -3.78. The molecule has 1 aliphatic heterocycles. The van der Waals surface area contributed by atoms with E-state index in [1.807, 2.05) is 0 Å². The topological polar surface area (TPSA) is 76.6 Å². The van der Waals surface area contributed by atoms with Crippen molar-refractivity contribution in [2.45, 2.75) is 6.04 Å². The zero-order valence-electron chi connectivity index (χ0n) is 15.2. The highest BCUT2D eigenvalue weighted by molar-refractivity contribution is 7.22. The van der Waals surface area contributed by atoms with Gasteiger partial charge < -0.3 is 8.83 Å². The summed E-state index contributed by atoms with van der Waals surface area (Å²) in [6.45, 7) is 0. The summed E-state index contributed by atoms with van der Waals surface area (Å²) in [5.74, 6) is -0.506. The van der Waals surface area contributed by atoms with Gasteiger partial charge in [-0.2, -0.15) is 0 Å². The lowest BCUT2D eigenvalue weighted by Gasteiger charge is -2.19. The number of carbonyl (C=O) groups is 1. The molecular formula is C22H11FN2O4S. The van der Waals surface area contributed by atoms with Gasteiger partial charge in [-0.05, 0) is 42.5 Å². The Kier molecular flexibility index (Phi) is 3.48. The number of hydrogen-bond acceptors (Lipinski definition) is 6. The smallest absolute Gasteiger partial charge is 0.297 e. The van der Waals surface area contributed by atoms with Gasteiger partial charge in [0.1, 0.15) is 23.2 Å². The molecular weight excluding hydrogens is 407 g/mol. The van der Waals surface area contributed by atoms with Gasteiger partial charge in [-0.1, -0.05) is 23.5 Å². The van der Waals surface area contributed by atoms with Crippen LogP contribution in [0.5, 0.6) is 0 Å². The Balaban J connectivity index is 1.64. The fraction of sp³-hybridized carbons (Fsp3) is 0.0455. The SMILES string of the molecule is O=C1c2oc3ccccc3c(=O)c2C(c2ccco2)N1c1nc2ccc(F)cc2s1. The predicted molar refractivity (Wildman–Crippen MR) is 109 cm³/mol. The normalized spacial score (nSPS) is 16.0. The maximum Gasteiger partial charge on any atom is 0.297 e. The molecule has 8 heteroatoms. The molecule has 6 rings (SSSR count). The summed E-state index contributed by atoms with van der Waals surface area (Å²) in [7, 11) is 0. The van der Waals surface area contributed by atoms with Gasteiger partial charge in [0.25, 0.3) is 5.91 Å². The van der Waals surface area contributed by atoms with Gasteiger partial charge in [-0.15, -0.1) is 0 Å². The number of aromatic nitrogens is 1.